The monoisotopic (exact) mass is 421 g/mol. The van der Waals surface area contributed by atoms with Crippen LogP contribution in [-0.2, 0) is 17.8 Å². The second-order valence-corrected chi connectivity index (χ2v) is 6.46. The van der Waals surface area contributed by atoms with Crippen LogP contribution in [0.5, 0.6) is 5.75 Å². The minimum Gasteiger partial charge on any atom is -0.493 e. The van der Waals surface area contributed by atoms with Gasteiger partial charge in [0.1, 0.15) is 11.6 Å². The molecule has 0 amide bonds. The van der Waals surface area contributed by atoms with Gasteiger partial charge in [-0.2, -0.15) is 4.80 Å². The molecule has 3 N–H and O–H groups in total. The van der Waals surface area contributed by atoms with Crippen molar-refractivity contribution >= 4 is 17.6 Å². The van der Waals surface area contributed by atoms with E-state index < -0.39 is 17.8 Å². The van der Waals surface area contributed by atoms with Crippen LogP contribution in [0.4, 0.5) is 4.39 Å². The van der Waals surface area contributed by atoms with Crippen molar-refractivity contribution in [2.75, 3.05) is 6.61 Å². The number of ether oxygens (including phenoxy) is 1. The van der Waals surface area contributed by atoms with Gasteiger partial charge in [0.05, 0.1) is 25.1 Å². The lowest BCUT2D eigenvalue weighted by Crippen LogP contribution is -2.30. The Bertz CT molecular complexity index is 983. The van der Waals surface area contributed by atoms with E-state index in [1.54, 1.807) is 18.5 Å². The first-order chi connectivity index (χ1) is 13.9. The number of hydrogen-bond acceptors (Lipinski definition) is 8. The quantitative estimate of drug-likeness (QED) is 0.489. The maximum atomic E-state index is 14.4. The fourth-order valence-electron chi connectivity index (χ4n) is 2.45. The Hall–Kier alpha value is -3.18. The zero-order valence-electron chi connectivity index (χ0n) is 15.1. The van der Waals surface area contributed by atoms with Crippen LogP contribution < -0.4 is 10.5 Å². The molecule has 152 valence electrons. The number of aliphatic carboxylic acids is 1. The summed E-state index contributed by atoms with van der Waals surface area (Å²) in [6.07, 6.45) is 3.49. The number of halogens is 2. The number of tetrazole rings is 1. The number of rotatable bonds is 9. The van der Waals surface area contributed by atoms with Gasteiger partial charge >= 0.3 is 5.97 Å². The Morgan fingerprint density at radius 1 is 1.34 bits per heavy atom. The molecule has 3 aromatic rings. The zero-order valence-corrected chi connectivity index (χ0v) is 15.8. The van der Waals surface area contributed by atoms with E-state index in [0.717, 1.165) is 10.4 Å². The molecule has 10 nitrogen and oxygen atoms in total. The summed E-state index contributed by atoms with van der Waals surface area (Å²) >= 11 is 5.63. The highest BCUT2D eigenvalue weighted by Gasteiger charge is 2.15. The third-order valence-electron chi connectivity index (χ3n) is 3.80. The van der Waals surface area contributed by atoms with Gasteiger partial charge in [-0.25, -0.2) is 14.4 Å². The standard InChI is InChI=1S/C17H17ClFN7O3/c18-17-21-7-10(8-22-17)3-4-29-12-1-2-13(14(19)6-12)16-23-25-26(24-16)9-11(20)5-15(27)28/h1-2,6-8,11H,3-5,9,20H2,(H,27,28)/t11-/m0/s1. The highest BCUT2D eigenvalue weighted by molar-refractivity contribution is 6.28. The third-order valence-corrected chi connectivity index (χ3v) is 4.00. The molecule has 0 unspecified atom stereocenters. The Morgan fingerprint density at radius 2 is 2.10 bits per heavy atom. The molecule has 0 saturated carbocycles. The first-order valence-corrected chi connectivity index (χ1v) is 8.93. The molecule has 1 atom stereocenters. The summed E-state index contributed by atoms with van der Waals surface area (Å²) in [5.41, 5.74) is 6.67. The van der Waals surface area contributed by atoms with Gasteiger partial charge in [-0.15, -0.1) is 10.2 Å². The van der Waals surface area contributed by atoms with Crippen LogP contribution in [0.15, 0.2) is 30.6 Å². The lowest BCUT2D eigenvalue weighted by molar-refractivity contribution is -0.137. The summed E-state index contributed by atoms with van der Waals surface area (Å²) in [5.74, 6) is -1.19. The average Bonchev–Trinajstić information content (AvgIpc) is 3.10. The van der Waals surface area contributed by atoms with E-state index in [1.807, 2.05) is 0 Å². The smallest absolute Gasteiger partial charge is 0.304 e. The zero-order chi connectivity index (χ0) is 20.8. The second kappa shape index (κ2) is 9.34. The fourth-order valence-corrected chi connectivity index (χ4v) is 2.55. The first-order valence-electron chi connectivity index (χ1n) is 8.55. The molecule has 0 aliphatic carbocycles. The van der Waals surface area contributed by atoms with E-state index in [2.05, 4.69) is 25.4 Å². The molecule has 0 fully saturated rings. The Labute approximate surface area is 169 Å². The number of nitrogens with zero attached hydrogens (tertiary/aromatic N) is 6. The summed E-state index contributed by atoms with van der Waals surface area (Å²) in [5, 5.41) is 20.5. The van der Waals surface area contributed by atoms with E-state index in [0.29, 0.717) is 18.8 Å². The first kappa shape index (κ1) is 20.6. The van der Waals surface area contributed by atoms with Gasteiger partial charge < -0.3 is 15.6 Å². The highest BCUT2D eigenvalue weighted by Crippen LogP contribution is 2.23. The highest BCUT2D eigenvalue weighted by atomic mass is 35.5. The number of aromatic nitrogens is 6. The van der Waals surface area contributed by atoms with Crippen molar-refractivity contribution in [2.24, 2.45) is 5.73 Å². The van der Waals surface area contributed by atoms with E-state index in [4.69, 9.17) is 27.2 Å². The van der Waals surface area contributed by atoms with Crippen molar-refractivity contribution < 1.29 is 19.0 Å². The summed E-state index contributed by atoms with van der Waals surface area (Å²) in [4.78, 5) is 19.5. The topological polar surface area (TPSA) is 142 Å². The Morgan fingerprint density at radius 3 is 2.79 bits per heavy atom. The van der Waals surface area contributed by atoms with Crippen LogP contribution >= 0.6 is 11.6 Å². The van der Waals surface area contributed by atoms with Crippen molar-refractivity contribution in [3.8, 4) is 17.1 Å². The molecule has 0 bridgehead atoms. The van der Waals surface area contributed by atoms with Crippen molar-refractivity contribution in [3.63, 3.8) is 0 Å². The number of nitrogens with two attached hydrogens (primary N) is 1. The molecule has 0 aliphatic rings. The third kappa shape index (κ3) is 5.90. The van der Waals surface area contributed by atoms with Gasteiger partial charge in [0.25, 0.3) is 0 Å². The molecular formula is C17H17ClFN7O3. The van der Waals surface area contributed by atoms with Gasteiger partial charge in [-0.05, 0) is 34.5 Å². The van der Waals surface area contributed by atoms with Gasteiger partial charge in [0, 0.05) is 30.9 Å². The van der Waals surface area contributed by atoms with Crippen LogP contribution in [0.2, 0.25) is 5.28 Å². The maximum Gasteiger partial charge on any atom is 0.304 e. The van der Waals surface area contributed by atoms with E-state index in [-0.39, 0.29) is 29.6 Å². The normalized spacial score (nSPS) is 12.0. The van der Waals surface area contributed by atoms with Crippen LogP contribution in [0, 0.1) is 5.82 Å². The molecule has 12 heteroatoms. The number of benzene rings is 1. The lowest BCUT2D eigenvalue weighted by Gasteiger charge is -2.07. The number of carbonyl (C=O) groups is 1. The molecule has 2 aromatic heterocycles. The lowest BCUT2D eigenvalue weighted by atomic mass is 10.2. The van der Waals surface area contributed by atoms with Crippen LogP contribution in [0.25, 0.3) is 11.4 Å². The summed E-state index contributed by atoms with van der Waals surface area (Å²) in [6.45, 7) is 0.357. The largest absolute Gasteiger partial charge is 0.493 e. The van der Waals surface area contributed by atoms with Crippen LogP contribution in [0.3, 0.4) is 0 Å². The second-order valence-electron chi connectivity index (χ2n) is 6.13. The molecule has 0 radical (unpaired) electrons. The molecule has 29 heavy (non-hydrogen) atoms. The van der Waals surface area contributed by atoms with Gasteiger partial charge in [0.15, 0.2) is 0 Å². The van der Waals surface area contributed by atoms with Crippen molar-refractivity contribution in [1.29, 1.82) is 0 Å². The summed E-state index contributed by atoms with van der Waals surface area (Å²) in [7, 11) is 0. The minimum absolute atomic E-state index is 0.0521. The fraction of sp³-hybridized carbons (Fsp3) is 0.294. The predicted molar refractivity (Wildman–Crippen MR) is 99.7 cm³/mol. The molecule has 2 heterocycles. The van der Waals surface area contributed by atoms with Crippen LogP contribution in [0.1, 0.15) is 12.0 Å². The van der Waals surface area contributed by atoms with Gasteiger partial charge in [-0.3, -0.25) is 4.79 Å². The Balaban J connectivity index is 1.59. The van der Waals surface area contributed by atoms with Crippen molar-refractivity contribution in [2.45, 2.75) is 25.4 Å². The van der Waals surface area contributed by atoms with Crippen molar-refractivity contribution in [1.82, 2.24) is 30.2 Å². The minimum atomic E-state index is -1.02. The van der Waals surface area contributed by atoms with Crippen LogP contribution in [-0.4, -0.2) is 53.9 Å². The number of carboxylic acids is 1. The van der Waals surface area contributed by atoms with Gasteiger partial charge in [-0.1, -0.05) is 0 Å². The van der Waals surface area contributed by atoms with Gasteiger partial charge in [0.2, 0.25) is 11.1 Å². The molecule has 0 saturated heterocycles. The maximum absolute atomic E-state index is 14.4. The van der Waals surface area contributed by atoms with E-state index in [1.165, 1.54) is 12.1 Å². The Kier molecular flexibility index (Phi) is 6.62. The van der Waals surface area contributed by atoms with Crippen molar-refractivity contribution in [3.05, 3.63) is 47.3 Å². The van der Waals surface area contributed by atoms with E-state index >= 15 is 0 Å². The number of carboxylic acid groups (broad SMARTS) is 1. The SMILES string of the molecule is N[C@@H](CC(=O)O)Cn1nnc(-c2ccc(OCCc3cnc(Cl)nc3)cc2F)n1. The summed E-state index contributed by atoms with van der Waals surface area (Å²) < 4.78 is 20.0. The summed E-state index contributed by atoms with van der Waals surface area (Å²) in [6, 6.07) is 3.62. The molecule has 0 spiro atoms. The number of hydrogen-bond donors (Lipinski definition) is 2. The average molecular weight is 422 g/mol. The molecule has 3 rings (SSSR count). The predicted octanol–water partition coefficient (Wildman–Crippen LogP) is 1.35. The molecule has 1 aromatic carbocycles. The van der Waals surface area contributed by atoms with E-state index in [9.17, 15) is 9.18 Å². The molecule has 0 aliphatic heterocycles. The molecular weight excluding hydrogens is 405 g/mol.